The molecule has 1 aromatic rings. The predicted molar refractivity (Wildman–Crippen MR) is 94.5 cm³/mol. The molecular formula is C19H27N3O3. The molecule has 6 heteroatoms. The molecule has 1 aromatic carbocycles. The molecule has 0 radical (unpaired) electrons. The van der Waals surface area contributed by atoms with Gasteiger partial charge in [-0.1, -0.05) is 24.3 Å². The van der Waals surface area contributed by atoms with Gasteiger partial charge >= 0.3 is 0 Å². The topological polar surface area (TPSA) is 84.7 Å². The second kappa shape index (κ2) is 8.45. The van der Waals surface area contributed by atoms with Gasteiger partial charge in [-0.05, 0) is 43.4 Å². The Labute approximate surface area is 148 Å². The maximum Gasteiger partial charge on any atom is 0.249 e. The third kappa shape index (κ3) is 5.03. The third-order valence-corrected chi connectivity index (χ3v) is 4.99. The van der Waals surface area contributed by atoms with Crippen molar-refractivity contribution < 1.29 is 14.3 Å². The standard InChI is InChI=1S/C19H27N3O3/c20-18(23)16-6-2-8-22(13-16)12-15-5-1-4-14(10-15)11-21-19(24)17-7-3-9-25-17/h1,4-5,10,16-17H,2-3,6-9,11-13H2,(H2,20,23)(H,21,24)/t16-,17-/m0/s1. The van der Waals surface area contributed by atoms with Crippen LogP contribution in [-0.2, 0) is 27.4 Å². The molecule has 0 unspecified atom stereocenters. The van der Waals surface area contributed by atoms with Crippen molar-refractivity contribution in [2.45, 2.75) is 44.9 Å². The lowest BCUT2D eigenvalue weighted by Crippen LogP contribution is -2.40. The molecule has 0 aromatic heterocycles. The summed E-state index contributed by atoms with van der Waals surface area (Å²) in [6.07, 6.45) is 3.37. The van der Waals surface area contributed by atoms with E-state index in [1.165, 1.54) is 5.56 Å². The van der Waals surface area contributed by atoms with Crippen molar-refractivity contribution in [3.05, 3.63) is 35.4 Å². The molecule has 6 nitrogen and oxygen atoms in total. The van der Waals surface area contributed by atoms with Crippen LogP contribution in [0.4, 0.5) is 0 Å². The number of hydrogen-bond donors (Lipinski definition) is 2. The number of nitrogens with one attached hydrogen (secondary N) is 1. The SMILES string of the molecule is NC(=O)[C@H]1CCCN(Cc2cccc(CNC(=O)[C@@H]3CCCO3)c2)C1. The molecule has 2 heterocycles. The van der Waals surface area contributed by atoms with Gasteiger partial charge < -0.3 is 15.8 Å². The number of amides is 2. The lowest BCUT2D eigenvalue weighted by atomic mass is 9.97. The Balaban J connectivity index is 1.52. The van der Waals surface area contributed by atoms with E-state index in [1.807, 2.05) is 12.1 Å². The van der Waals surface area contributed by atoms with Gasteiger partial charge in [-0.25, -0.2) is 0 Å². The van der Waals surface area contributed by atoms with Gasteiger partial charge in [0.15, 0.2) is 0 Å². The molecule has 2 saturated heterocycles. The highest BCUT2D eigenvalue weighted by atomic mass is 16.5. The predicted octanol–water partition coefficient (Wildman–Crippen LogP) is 1.18. The molecule has 2 aliphatic rings. The fourth-order valence-corrected chi connectivity index (χ4v) is 3.61. The van der Waals surface area contributed by atoms with Crippen LogP contribution in [0.2, 0.25) is 0 Å². The monoisotopic (exact) mass is 345 g/mol. The highest BCUT2D eigenvalue weighted by Crippen LogP contribution is 2.19. The molecule has 3 N–H and O–H groups in total. The average Bonchev–Trinajstić information content (AvgIpc) is 3.15. The second-order valence-corrected chi connectivity index (χ2v) is 7.02. The van der Waals surface area contributed by atoms with E-state index in [4.69, 9.17) is 10.5 Å². The van der Waals surface area contributed by atoms with E-state index in [2.05, 4.69) is 22.3 Å². The quantitative estimate of drug-likeness (QED) is 0.811. The summed E-state index contributed by atoms with van der Waals surface area (Å²) in [6, 6.07) is 8.23. The zero-order valence-corrected chi connectivity index (χ0v) is 14.6. The second-order valence-electron chi connectivity index (χ2n) is 7.02. The zero-order chi connectivity index (χ0) is 17.6. The lowest BCUT2D eigenvalue weighted by molar-refractivity contribution is -0.130. The van der Waals surface area contributed by atoms with Crippen LogP contribution in [0, 0.1) is 5.92 Å². The van der Waals surface area contributed by atoms with Crippen LogP contribution in [0.25, 0.3) is 0 Å². The number of nitrogens with zero attached hydrogens (tertiary/aromatic N) is 1. The van der Waals surface area contributed by atoms with Crippen LogP contribution in [0.15, 0.2) is 24.3 Å². The fraction of sp³-hybridized carbons (Fsp3) is 0.579. The van der Waals surface area contributed by atoms with E-state index in [0.717, 1.165) is 50.9 Å². The van der Waals surface area contributed by atoms with Crippen LogP contribution < -0.4 is 11.1 Å². The maximum atomic E-state index is 12.0. The smallest absolute Gasteiger partial charge is 0.249 e. The lowest BCUT2D eigenvalue weighted by Gasteiger charge is -2.31. The molecule has 0 aliphatic carbocycles. The number of ether oxygens (including phenoxy) is 1. The first-order chi connectivity index (χ1) is 12.1. The molecule has 2 aliphatic heterocycles. The molecular weight excluding hydrogens is 318 g/mol. The Morgan fingerprint density at radius 2 is 2.08 bits per heavy atom. The summed E-state index contributed by atoms with van der Waals surface area (Å²) in [5.74, 6) is -0.263. The van der Waals surface area contributed by atoms with Crippen LogP contribution in [0.1, 0.15) is 36.8 Å². The average molecular weight is 345 g/mol. The maximum absolute atomic E-state index is 12.0. The number of benzene rings is 1. The Morgan fingerprint density at radius 1 is 1.24 bits per heavy atom. The van der Waals surface area contributed by atoms with E-state index >= 15 is 0 Å². The van der Waals surface area contributed by atoms with E-state index in [-0.39, 0.29) is 23.8 Å². The molecule has 3 rings (SSSR count). The summed E-state index contributed by atoms with van der Waals surface area (Å²) < 4.78 is 5.40. The number of hydrogen-bond acceptors (Lipinski definition) is 4. The zero-order valence-electron chi connectivity index (χ0n) is 14.6. The fourth-order valence-electron chi connectivity index (χ4n) is 3.61. The summed E-state index contributed by atoms with van der Waals surface area (Å²) >= 11 is 0. The Bertz CT molecular complexity index is 614. The number of rotatable bonds is 6. The number of piperidine rings is 1. The van der Waals surface area contributed by atoms with Crippen LogP contribution >= 0.6 is 0 Å². The highest BCUT2D eigenvalue weighted by molar-refractivity contribution is 5.80. The molecule has 2 amide bonds. The summed E-state index contributed by atoms with van der Waals surface area (Å²) in [7, 11) is 0. The van der Waals surface area contributed by atoms with Gasteiger partial charge in [-0.3, -0.25) is 14.5 Å². The van der Waals surface area contributed by atoms with Gasteiger partial charge in [0.2, 0.25) is 11.8 Å². The minimum atomic E-state index is -0.290. The molecule has 0 bridgehead atoms. The molecule has 0 spiro atoms. The van der Waals surface area contributed by atoms with Crippen LogP contribution in [0.3, 0.4) is 0 Å². The van der Waals surface area contributed by atoms with E-state index < -0.39 is 0 Å². The van der Waals surface area contributed by atoms with Gasteiger partial charge in [0, 0.05) is 26.2 Å². The van der Waals surface area contributed by atoms with Gasteiger partial charge in [0.05, 0.1) is 5.92 Å². The van der Waals surface area contributed by atoms with E-state index in [9.17, 15) is 9.59 Å². The van der Waals surface area contributed by atoms with Gasteiger partial charge in [-0.2, -0.15) is 0 Å². The summed E-state index contributed by atoms with van der Waals surface area (Å²) in [6.45, 7) is 3.71. The largest absolute Gasteiger partial charge is 0.369 e. The molecule has 0 saturated carbocycles. The first-order valence-corrected chi connectivity index (χ1v) is 9.10. The molecule has 2 atom stereocenters. The van der Waals surface area contributed by atoms with Gasteiger partial charge in [0.1, 0.15) is 6.10 Å². The Hall–Kier alpha value is -1.92. The first-order valence-electron chi connectivity index (χ1n) is 9.10. The summed E-state index contributed by atoms with van der Waals surface area (Å²) in [4.78, 5) is 25.7. The van der Waals surface area contributed by atoms with Gasteiger partial charge in [-0.15, -0.1) is 0 Å². The van der Waals surface area contributed by atoms with Crippen LogP contribution in [-0.4, -0.2) is 42.5 Å². The number of carbonyl (C=O) groups is 2. The summed E-state index contributed by atoms with van der Waals surface area (Å²) in [5.41, 5.74) is 7.72. The first kappa shape index (κ1) is 17.9. The third-order valence-electron chi connectivity index (χ3n) is 4.99. The van der Waals surface area contributed by atoms with Crippen molar-refractivity contribution >= 4 is 11.8 Å². The van der Waals surface area contributed by atoms with Crippen LogP contribution in [0.5, 0.6) is 0 Å². The van der Waals surface area contributed by atoms with Crippen molar-refractivity contribution in [1.29, 1.82) is 0 Å². The number of carbonyl (C=O) groups excluding carboxylic acids is 2. The minimum Gasteiger partial charge on any atom is -0.369 e. The highest BCUT2D eigenvalue weighted by Gasteiger charge is 2.24. The van der Waals surface area contributed by atoms with Gasteiger partial charge in [0.25, 0.3) is 0 Å². The van der Waals surface area contributed by atoms with Crippen molar-refractivity contribution in [1.82, 2.24) is 10.2 Å². The van der Waals surface area contributed by atoms with E-state index in [0.29, 0.717) is 13.2 Å². The van der Waals surface area contributed by atoms with E-state index in [1.54, 1.807) is 0 Å². The Kier molecular flexibility index (Phi) is 6.04. The minimum absolute atomic E-state index is 0.0248. The normalized spacial score (nSPS) is 24.2. The molecule has 136 valence electrons. The van der Waals surface area contributed by atoms with Crippen molar-refractivity contribution in [2.75, 3.05) is 19.7 Å². The van der Waals surface area contributed by atoms with Crippen molar-refractivity contribution in [3.8, 4) is 0 Å². The number of likely N-dealkylation sites (tertiary alicyclic amines) is 1. The Morgan fingerprint density at radius 3 is 2.84 bits per heavy atom. The molecule has 2 fully saturated rings. The van der Waals surface area contributed by atoms with Crippen molar-refractivity contribution in [2.24, 2.45) is 11.7 Å². The molecule has 25 heavy (non-hydrogen) atoms. The summed E-state index contributed by atoms with van der Waals surface area (Å²) in [5, 5.41) is 2.96. The van der Waals surface area contributed by atoms with Crippen molar-refractivity contribution in [3.63, 3.8) is 0 Å². The number of primary amides is 1. The number of nitrogens with two attached hydrogens (primary N) is 1.